The Morgan fingerprint density at radius 1 is 1.07 bits per heavy atom. The monoisotopic (exact) mass is 416 g/mol. The summed E-state index contributed by atoms with van der Waals surface area (Å²) in [7, 11) is 0. The number of halogens is 3. The summed E-state index contributed by atoms with van der Waals surface area (Å²) in [6.07, 6.45) is -3.77. The SMILES string of the molecule is CCC(C)C(NC(=O)c1ccccc1)C(=O)NCC#Cc1cccc(C(F)(F)F)c1. The third kappa shape index (κ3) is 6.66. The number of hydrogen-bond acceptors (Lipinski definition) is 2. The summed E-state index contributed by atoms with van der Waals surface area (Å²) in [6, 6.07) is 12.5. The van der Waals surface area contributed by atoms with Gasteiger partial charge in [-0.2, -0.15) is 13.2 Å². The molecule has 2 aromatic carbocycles. The number of alkyl halides is 3. The number of carbonyl (C=O) groups is 2. The zero-order valence-electron chi connectivity index (χ0n) is 16.7. The van der Waals surface area contributed by atoms with Gasteiger partial charge in [0.1, 0.15) is 6.04 Å². The number of hydrogen-bond donors (Lipinski definition) is 2. The summed E-state index contributed by atoms with van der Waals surface area (Å²) in [5, 5.41) is 5.36. The van der Waals surface area contributed by atoms with Crippen LogP contribution < -0.4 is 10.6 Å². The molecule has 0 saturated carbocycles. The average molecular weight is 416 g/mol. The second-order valence-electron chi connectivity index (χ2n) is 6.80. The molecule has 7 heteroatoms. The van der Waals surface area contributed by atoms with Crippen molar-refractivity contribution >= 4 is 11.8 Å². The molecule has 0 aliphatic rings. The molecule has 0 heterocycles. The highest BCUT2D eigenvalue weighted by Crippen LogP contribution is 2.29. The van der Waals surface area contributed by atoms with Crippen LogP contribution in [0.25, 0.3) is 0 Å². The van der Waals surface area contributed by atoms with E-state index in [9.17, 15) is 22.8 Å². The Balaban J connectivity index is 2.00. The van der Waals surface area contributed by atoms with Gasteiger partial charge in [0.2, 0.25) is 5.91 Å². The van der Waals surface area contributed by atoms with Crippen molar-refractivity contribution in [2.24, 2.45) is 5.92 Å². The first kappa shape index (κ1) is 23.0. The Bertz CT molecular complexity index is 931. The van der Waals surface area contributed by atoms with Crippen molar-refractivity contribution in [3.05, 3.63) is 71.3 Å². The minimum atomic E-state index is -4.44. The first-order valence-corrected chi connectivity index (χ1v) is 9.52. The van der Waals surface area contributed by atoms with Gasteiger partial charge >= 0.3 is 6.18 Å². The maximum atomic E-state index is 12.7. The molecule has 0 fully saturated rings. The molecule has 4 nitrogen and oxygen atoms in total. The highest BCUT2D eigenvalue weighted by atomic mass is 19.4. The fourth-order valence-electron chi connectivity index (χ4n) is 2.68. The van der Waals surface area contributed by atoms with E-state index in [-0.39, 0.29) is 23.9 Å². The van der Waals surface area contributed by atoms with Gasteiger partial charge in [-0.3, -0.25) is 9.59 Å². The number of nitrogens with one attached hydrogen (secondary N) is 2. The predicted molar refractivity (Wildman–Crippen MR) is 108 cm³/mol. The third-order valence-electron chi connectivity index (χ3n) is 4.59. The van der Waals surface area contributed by atoms with E-state index in [1.165, 1.54) is 12.1 Å². The zero-order valence-corrected chi connectivity index (χ0v) is 16.7. The van der Waals surface area contributed by atoms with Crippen LogP contribution in [0.3, 0.4) is 0 Å². The number of amides is 2. The Morgan fingerprint density at radius 3 is 2.40 bits per heavy atom. The van der Waals surface area contributed by atoms with E-state index in [1.54, 1.807) is 30.3 Å². The Morgan fingerprint density at radius 2 is 1.77 bits per heavy atom. The fraction of sp³-hybridized carbons (Fsp3) is 0.304. The number of rotatable bonds is 6. The summed E-state index contributed by atoms with van der Waals surface area (Å²) in [5.41, 5.74) is -0.128. The minimum absolute atomic E-state index is 0.0524. The van der Waals surface area contributed by atoms with E-state index in [2.05, 4.69) is 22.5 Å². The van der Waals surface area contributed by atoms with Gasteiger partial charge in [-0.1, -0.05) is 56.4 Å². The van der Waals surface area contributed by atoms with Gasteiger partial charge in [0.25, 0.3) is 5.91 Å². The molecule has 0 radical (unpaired) electrons. The molecule has 2 aromatic rings. The van der Waals surface area contributed by atoms with Gasteiger partial charge in [0, 0.05) is 11.1 Å². The molecule has 0 bridgehead atoms. The highest BCUT2D eigenvalue weighted by molar-refractivity contribution is 5.97. The van der Waals surface area contributed by atoms with Crippen molar-refractivity contribution in [1.82, 2.24) is 10.6 Å². The molecule has 0 aliphatic carbocycles. The van der Waals surface area contributed by atoms with Crippen molar-refractivity contribution in [2.45, 2.75) is 32.5 Å². The van der Waals surface area contributed by atoms with Gasteiger partial charge in [0.05, 0.1) is 12.1 Å². The second-order valence-corrected chi connectivity index (χ2v) is 6.80. The van der Waals surface area contributed by atoms with E-state index in [4.69, 9.17) is 0 Å². The fourth-order valence-corrected chi connectivity index (χ4v) is 2.68. The van der Waals surface area contributed by atoms with Crippen LogP contribution in [0.2, 0.25) is 0 Å². The molecule has 2 N–H and O–H groups in total. The summed E-state index contributed by atoms with van der Waals surface area (Å²) >= 11 is 0. The normalized spacial score (nSPS) is 12.8. The van der Waals surface area contributed by atoms with Crippen molar-refractivity contribution in [1.29, 1.82) is 0 Å². The lowest BCUT2D eigenvalue weighted by Crippen LogP contribution is -2.50. The van der Waals surface area contributed by atoms with Gasteiger partial charge in [-0.25, -0.2) is 0 Å². The van der Waals surface area contributed by atoms with Crippen LogP contribution in [0.4, 0.5) is 13.2 Å². The first-order chi connectivity index (χ1) is 14.2. The molecule has 2 amide bonds. The van der Waals surface area contributed by atoms with E-state index >= 15 is 0 Å². The predicted octanol–water partition coefficient (Wildman–Crippen LogP) is 4.02. The van der Waals surface area contributed by atoms with Crippen molar-refractivity contribution in [3.63, 3.8) is 0 Å². The summed E-state index contributed by atoms with van der Waals surface area (Å²) in [4.78, 5) is 25.0. The smallest absolute Gasteiger partial charge is 0.343 e. The lowest BCUT2D eigenvalue weighted by Gasteiger charge is -2.23. The second kappa shape index (κ2) is 10.5. The molecule has 2 unspecified atom stereocenters. The molecule has 0 saturated heterocycles. The van der Waals surface area contributed by atoms with Gasteiger partial charge < -0.3 is 10.6 Å². The van der Waals surface area contributed by atoms with Gasteiger partial charge in [0.15, 0.2) is 0 Å². The Kier molecular flexibility index (Phi) is 8.05. The van der Waals surface area contributed by atoms with Crippen LogP contribution in [0.5, 0.6) is 0 Å². The molecule has 0 aromatic heterocycles. The average Bonchev–Trinajstić information content (AvgIpc) is 2.74. The quantitative estimate of drug-likeness (QED) is 0.699. The van der Waals surface area contributed by atoms with Crippen LogP contribution in [0, 0.1) is 17.8 Å². The van der Waals surface area contributed by atoms with Crippen LogP contribution in [-0.4, -0.2) is 24.4 Å². The molecular formula is C23H23F3N2O2. The molecule has 2 rings (SSSR count). The van der Waals surface area contributed by atoms with Crippen molar-refractivity contribution in [2.75, 3.05) is 6.54 Å². The molecule has 0 aliphatic heterocycles. The third-order valence-corrected chi connectivity index (χ3v) is 4.59. The van der Waals surface area contributed by atoms with E-state index in [1.807, 2.05) is 13.8 Å². The summed E-state index contributed by atoms with van der Waals surface area (Å²) in [5.74, 6) is 4.39. The number of carbonyl (C=O) groups excluding carboxylic acids is 2. The van der Waals surface area contributed by atoms with Crippen LogP contribution >= 0.6 is 0 Å². The molecule has 0 spiro atoms. The van der Waals surface area contributed by atoms with Crippen LogP contribution in [0.1, 0.15) is 41.8 Å². The van der Waals surface area contributed by atoms with Gasteiger partial charge in [-0.05, 0) is 36.2 Å². The molecular weight excluding hydrogens is 393 g/mol. The zero-order chi connectivity index (χ0) is 22.1. The van der Waals surface area contributed by atoms with E-state index < -0.39 is 23.7 Å². The molecule has 2 atom stereocenters. The summed E-state index contributed by atoms with van der Waals surface area (Å²) < 4.78 is 38.2. The lowest BCUT2D eigenvalue weighted by molar-refractivity contribution is -0.137. The largest absolute Gasteiger partial charge is 0.416 e. The number of benzene rings is 2. The van der Waals surface area contributed by atoms with Crippen LogP contribution in [0.15, 0.2) is 54.6 Å². The Labute approximate surface area is 173 Å². The minimum Gasteiger partial charge on any atom is -0.343 e. The van der Waals surface area contributed by atoms with Crippen molar-refractivity contribution in [3.8, 4) is 11.8 Å². The van der Waals surface area contributed by atoms with E-state index in [0.717, 1.165) is 12.1 Å². The lowest BCUT2D eigenvalue weighted by atomic mass is 9.98. The highest BCUT2D eigenvalue weighted by Gasteiger charge is 2.30. The maximum absolute atomic E-state index is 12.7. The topological polar surface area (TPSA) is 58.2 Å². The van der Waals surface area contributed by atoms with Gasteiger partial charge in [-0.15, -0.1) is 0 Å². The van der Waals surface area contributed by atoms with Crippen LogP contribution in [-0.2, 0) is 11.0 Å². The summed E-state index contributed by atoms with van der Waals surface area (Å²) in [6.45, 7) is 3.71. The standard InChI is InChI=1S/C23H23F3N2O2/c1-3-16(2)20(28-21(29)18-11-5-4-6-12-18)22(30)27-14-8-10-17-9-7-13-19(15-17)23(24,25)26/h4-7,9,11-13,15-16,20H,3,14H2,1-2H3,(H,27,30)(H,28,29). The maximum Gasteiger partial charge on any atom is 0.416 e. The first-order valence-electron chi connectivity index (χ1n) is 9.52. The molecule has 158 valence electrons. The molecule has 30 heavy (non-hydrogen) atoms. The Hall–Kier alpha value is -3.27. The van der Waals surface area contributed by atoms with Crippen molar-refractivity contribution < 1.29 is 22.8 Å². The van der Waals surface area contributed by atoms with E-state index in [0.29, 0.717) is 12.0 Å².